The van der Waals surface area contributed by atoms with E-state index in [0.29, 0.717) is 33.8 Å². The van der Waals surface area contributed by atoms with Crippen LogP contribution in [0.4, 0.5) is 5.69 Å². The molecule has 0 saturated heterocycles. The lowest BCUT2D eigenvalue weighted by atomic mass is 10.3. The summed E-state index contributed by atoms with van der Waals surface area (Å²) in [5.41, 5.74) is 0.537. The van der Waals surface area contributed by atoms with Crippen molar-refractivity contribution in [1.29, 1.82) is 0 Å². The average Bonchev–Trinajstić information content (AvgIpc) is 2.67. The molecule has 0 aliphatic carbocycles. The van der Waals surface area contributed by atoms with Crippen LogP contribution in [0.25, 0.3) is 0 Å². The molecular weight excluding hydrogens is 391 g/mol. The third-order valence-corrected chi connectivity index (χ3v) is 4.24. The minimum atomic E-state index is -0.344. The number of benzene rings is 2. The maximum atomic E-state index is 12.4. The molecule has 0 bridgehead atoms. The fraction of sp³-hybridized carbons (Fsp3) is 0.263. The van der Waals surface area contributed by atoms with Crippen molar-refractivity contribution < 1.29 is 19.1 Å². The number of nitrogens with zero attached hydrogens (tertiary/aromatic N) is 1. The molecule has 2 aromatic carbocycles. The lowest BCUT2D eigenvalue weighted by Gasteiger charge is -2.21. The van der Waals surface area contributed by atoms with Crippen molar-refractivity contribution in [2.24, 2.45) is 0 Å². The van der Waals surface area contributed by atoms with Gasteiger partial charge in [0.05, 0.1) is 24.4 Å². The molecule has 2 aromatic rings. The summed E-state index contributed by atoms with van der Waals surface area (Å²) in [6.07, 6.45) is 0. The molecule has 0 atom stereocenters. The van der Waals surface area contributed by atoms with Gasteiger partial charge in [-0.05, 0) is 31.2 Å². The fourth-order valence-electron chi connectivity index (χ4n) is 2.31. The molecule has 0 aliphatic rings. The molecule has 1 N–H and O–H groups in total. The lowest BCUT2D eigenvalue weighted by Crippen LogP contribution is -2.40. The van der Waals surface area contributed by atoms with E-state index in [2.05, 4.69) is 5.32 Å². The minimum absolute atomic E-state index is 0.111. The van der Waals surface area contributed by atoms with E-state index in [0.717, 1.165) is 0 Å². The Balaban J connectivity index is 1.94. The maximum absolute atomic E-state index is 12.4. The Kier molecular flexibility index (Phi) is 7.76. The number of likely N-dealkylation sites (N-methyl/N-ethyl adjacent to an activating group) is 1. The van der Waals surface area contributed by atoms with Crippen molar-refractivity contribution in [3.8, 4) is 11.5 Å². The van der Waals surface area contributed by atoms with Gasteiger partial charge >= 0.3 is 0 Å². The molecule has 0 saturated carbocycles. The van der Waals surface area contributed by atoms with E-state index in [1.165, 1.54) is 18.1 Å². The number of rotatable bonds is 8. The van der Waals surface area contributed by atoms with Crippen molar-refractivity contribution in [2.75, 3.05) is 32.1 Å². The first-order chi connectivity index (χ1) is 12.9. The number of halogens is 2. The summed E-state index contributed by atoms with van der Waals surface area (Å²) in [7, 11) is 1.52. The summed E-state index contributed by atoms with van der Waals surface area (Å²) >= 11 is 11.9. The van der Waals surface area contributed by atoms with Crippen LogP contribution in [0.1, 0.15) is 6.92 Å². The molecule has 8 heteroatoms. The van der Waals surface area contributed by atoms with E-state index in [1.807, 2.05) is 0 Å². The molecule has 0 aromatic heterocycles. The zero-order chi connectivity index (χ0) is 19.8. The van der Waals surface area contributed by atoms with Gasteiger partial charge in [0.25, 0.3) is 5.91 Å². The van der Waals surface area contributed by atoms with Gasteiger partial charge in [0.2, 0.25) is 5.91 Å². The monoisotopic (exact) mass is 410 g/mol. The van der Waals surface area contributed by atoms with E-state index in [-0.39, 0.29) is 25.0 Å². The number of hydrogen-bond donors (Lipinski definition) is 1. The summed E-state index contributed by atoms with van der Waals surface area (Å²) in [4.78, 5) is 26.0. The second-order valence-corrected chi connectivity index (χ2v) is 6.36. The van der Waals surface area contributed by atoms with Crippen LogP contribution in [0.15, 0.2) is 42.5 Å². The van der Waals surface area contributed by atoms with Crippen molar-refractivity contribution in [3.05, 3.63) is 52.5 Å². The summed E-state index contributed by atoms with van der Waals surface area (Å²) in [5, 5.41) is 3.53. The van der Waals surface area contributed by atoms with Gasteiger partial charge in [-0.15, -0.1) is 0 Å². The summed E-state index contributed by atoms with van der Waals surface area (Å²) < 4.78 is 10.6. The van der Waals surface area contributed by atoms with Crippen LogP contribution in [0, 0.1) is 0 Å². The molecule has 2 rings (SSSR count). The van der Waals surface area contributed by atoms with Crippen LogP contribution in [-0.2, 0) is 9.59 Å². The van der Waals surface area contributed by atoms with Crippen LogP contribution in [0.5, 0.6) is 11.5 Å². The zero-order valence-corrected chi connectivity index (χ0v) is 16.5. The molecular formula is C19H20Cl2N2O4. The number of carbonyl (C=O) groups excluding carboxylic acids is 2. The number of hydrogen-bond acceptors (Lipinski definition) is 4. The summed E-state index contributed by atoms with van der Waals surface area (Å²) in [5.74, 6) is 0.172. The largest absolute Gasteiger partial charge is 0.495 e. The number of nitrogens with one attached hydrogen (secondary N) is 1. The van der Waals surface area contributed by atoms with Crippen LogP contribution in [0.2, 0.25) is 10.0 Å². The average molecular weight is 411 g/mol. The fourth-order valence-corrected chi connectivity index (χ4v) is 2.64. The third-order valence-electron chi connectivity index (χ3n) is 3.69. The maximum Gasteiger partial charge on any atom is 0.260 e. The van der Waals surface area contributed by atoms with Crippen LogP contribution in [0.3, 0.4) is 0 Å². The van der Waals surface area contributed by atoms with Gasteiger partial charge < -0.3 is 19.7 Å². The normalized spacial score (nSPS) is 10.2. The highest BCUT2D eigenvalue weighted by molar-refractivity contribution is 6.34. The Bertz CT molecular complexity index is 814. The third kappa shape index (κ3) is 6.05. The smallest absolute Gasteiger partial charge is 0.260 e. The summed E-state index contributed by atoms with van der Waals surface area (Å²) in [6.45, 7) is 1.77. The standard InChI is InChI=1S/C19H20Cl2N2O4/c1-3-23(11-18(24)22-15-6-4-5-7-16(15)26-2)19(25)12-27-17-10-13(20)8-9-14(17)21/h4-10H,3,11-12H2,1-2H3,(H,22,24). The quantitative estimate of drug-likeness (QED) is 0.716. The zero-order valence-electron chi connectivity index (χ0n) is 15.0. The molecule has 0 unspecified atom stereocenters. The van der Waals surface area contributed by atoms with Gasteiger partial charge in [-0.1, -0.05) is 35.3 Å². The molecule has 27 heavy (non-hydrogen) atoms. The first kappa shape index (κ1) is 20.9. The number of ether oxygens (including phenoxy) is 2. The number of carbonyl (C=O) groups is 2. The summed E-state index contributed by atoms with van der Waals surface area (Å²) in [6, 6.07) is 11.8. The highest BCUT2D eigenvalue weighted by Crippen LogP contribution is 2.27. The molecule has 0 heterocycles. The van der Waals surface area contributed by atoms with E-state index >= 15 is 0 Å². The van der Waals surface area contributed by atoms with Gasteiger partial charge in [-0.25, -0.2) is 0 Å². The second kappa shape index (κ2) is 10.0. The van der Waals surface area contributed by atoms with Crippen LogP contribution < -0.4 is 14.8 Å². The van der Waals surface area contributed by atoms with Gasteiger partial charge in [-0.3, -0.25) is 9.59 Å². The van der Waals surface area contributed by atoms with E-state index < -0.39 is 0 Å². The predicted octanol–water partition coefficient (Wildman–Crippen LogP) is 3.87. The van der Waals surface area contributed by atoms with Crippen molar-refractivity contribution in [3.63, 3.8) is 0 Å². The molecule has 6 nitrogen and oxygen atoms in total. The van der Waals surface area contributed by atoms with Crippen LogP contribution in [-0.4, -0.2) is 43.5 Å². The second-order valence-electron chi connectivity index (χ2n) is 5.52. The number of methoxy groups -OCH3 is 1. The highest BCUT2D eigenvalue weighted by Gasteiger charge is 2.17. The number of anilines is 1. The molecule has 2 amide bonds. The lowest BCUT2D eigenvalue weighted by molar-refractivity contribution is -0.136. The Hall–Kier alpha value is -2.44. The van der Waals surface area contributed by atoms with E-state index in [1.54, 1.807) is 43.3 Å². The predicted molar refractivity (Wildman–Crippen MR) is 106 cm³/mol. The van der Waals surface area contributed by atoms with Crippen molar-refractivity contribution in [1.82, 2.24) is 4.90 Å². The first-order valence-corrected chi connectivity index (χ1v) is 8.98. The molecule has 0 radical (unpaired) electrons. The van der Waals surface area contributed by atoms with Crippen molar-refractivity contribution >= 4 is 40.7 Å². The Morgan fingerprint density at radius 2 is 1.85 bits per heavy atom. The Morgan fingerprint density at radius 1 is 1.11 bits per heavy atom. The number of para-hydroxylation sites is 2. The first-order valence-electron chi connectivity index (χ1n) is 8.23. The Labute approximate surface area is 168 Å². The number of amides is 2. The molecule has 0 fully saturated rings. The minimum Gasteiger partial charge on any atom is -0.495 e. The molecule has 0 aliphatic heterocycles. The highest BCUT2D eigenvalue weighted by atomic mass is 35.5. The van der Waals surface area contributed by atoms with Gasteiger partial charge in [0.1, 0.15) is 11.5 Å². The topological polar surface area (TPSA) is 67.9 Å². The van der Waals surface area contributed by atoms with Crippen LogP contribution >= 0.6 is 23.2 Å². The van der Waals surface area contributed by atoms with Crippen molar-refractivity contribution in [2.45, 2.75) is 6.92 Å². The van der Waals surface area contributed by atoms with Gasteiger partial charge in [0, 0.05) is 17.6 Å². The SMILES string of the molecule is CCN(CC(=O)Nc1ccccc1OC)C(=O)COc1cc(Cl)ccc1Cl. The molecule has 144 valence electrons. The van der Waals surface area contributed by atoms with E-state index in [4.69, 9.17) is 32.7 Å². The Morgan fingerprint density at radius 3 is 2.56 bits per heavy atom. The molecule has 0 spiro atoms. The van der Waals surface area contributed by atoms with Gasteiger partial charge in [0.15, 0.2) is 6.61 Å². The van der Waals surface area contributed by atoms with Gasteiger partial charge in [-0.2, -0.15) is 0 Å². The van der Waals surface area contributed by atoms with E-state index in [9.17, 15) is 9.59 Å².